The molecule has 3 N–H and O–H groups in total. The van der Waals surface area contributed by atoms with E-state index in [4.69, 9.17) is 5.11 Å². The molecule has 1 heterocycles. The largest absolute Gasteiger partial charge is 0.481 e. The summed E-state index contributed by atoms with van der Waals surface area (Å²) in [5.74, 6) is -0.857. The lowest BCUT2D eigenvalue weighted by molar-refractivity contribution is -0.137. The number of anilines is 1. The Labute approximate surface area is 139 Å². The number of fused-ring (bicyclic) bond motifs is 1. The SMILES string of the molecule is O=C(O)CCCCCCCC(=O)Nc1ccc2cn[nH]c(=O)c2c1. The number of carboxylic acids is 1. The highest BCUT2D eigenvalue weighted by molar-refractivity contribution is 5.93. The first-order chi connectivity index (χ1) is 11.6. The minimum Gasteiger partial charge on any atom is -0.481 e. The molecule has 0 radical (unpaired) electrons. The summed E-state index contributed by atoms with van der Waals surface area (Å²) in [5.41, 5.74) is 0.301. The number of carbonyl (C=O) groups is 2. The summed E-state index contributed by atoms with van der Waals surface area (Å²) in [7, 11) is 0. The summed E-state index contributed by atoms with van der Waals surface area (Å²) in [6.07, 6.45) is 6.32. The van der Waals surface area contributed by atoms with Crippen LogP contribution in [-0.2, 0) is 9.59 Å². The van der Waals surface area contributed by atoms with Gasteiger partial charge in [0.05, 0.1) is 11.6 Å². The van der Waals surface area contributed by atoms with E-state index in [2.05, 4.69) is 15.5 Å². The standard InChI is InChI=1S/C17H21N3O4/c21-15(6-4-2-1-3-5-7-16(22)23)19-13-9-8-12-11-18-20-17(24)14(12)10-13/h8-11H,1-7H2,(H,19,21)(H,20,24)(H,22,23). The number of amides is 1. The molecule has 7 nitrogen and oxygen atoms in total. The van der Waals surface area contributed by atoms with Crippen LogP contribution in [0.15, 0.2) is 29.2 Å². The Morgan fingerprint density at radius 3 is 2.54 bits per heavy atom. The van der Waals surface area contributed by atoms with Gasteiger partial charge < -0.3 is 10.4 Å². The maximum absolute atomic E-state index is 11.9. The minimum atomic E-state index is -0.764. The van der Waals surface area contributed by atoms with Crippen molar-refractivity contribution in [2.45, 2.75) is 44.9 Å². The van der Waals surface area contributed by atoms with Gasteiger partial charge in [-0.05, 0) is 25.0 Å². The van der Waals surface area contributed by atoms with Crippen LogP contribution >= 0.6 is 0 Å². The maximum atomic E-state index is 11.9. The summed E-state index contributed by atoms with van der Waals surface area (Å²) in [6.45, 7) is 0. The van der Waals surface area contributed by atoms with Gasteiger partial charge in [0.2, 0.25) is 5.91 Å². The maximum Gasteiger partial charge on any atom is 0.303 e. The number of aromatic nitrogens is 2. The highest BCUT2D eigenvalue weighted by Gasteiger charge is 2.05. The van der Waals surface area contributed by atoms with Crippen molar-refractivity contribution in [2.75, 3.05) is 5.32 Å². The van der Waals surface area contributed by atoms with Crippen molar-refractivity contribution >= 4 is 28.3 Å². The fraction of sp³-hybridized carbons (Fsp3) is 0.412. The predicted octanol–water partition coefficient (Wildman–Crippen LogP) is 2.68. The first-order valence-corrected chi connectivity index (χ1v) is 8.05. The number of nitrogens with zero attached hydrogens (tertiary/aromatic N) is 1. The van der Waals surface area contributed by atoms with Crippen LogP contribution in [0.2, 0.25) is 0 Å². The molecule has 1 aromatic heterocycles. The van der Waals surface area contributed by atoms with Crippen molar-refractivity contribution in [1.29, 1.82) is 0 Å². The lowest BCUT2D eigenvalue weighted by Gasteiger charge is -2.06. The van der Waals surface area contributed by atoms with Gasteiger partial charge in [0.1, 0.15) is 0 Å². The molecule has 24 heavy (non-hydrogen) atoms. The van der Waals surface area contributed by atoms with E-state index >= 15 is 0 Å². The molecule has 1 aromatic carbocycles. The van der Waals surface area contributed by atoms with E-state index < -0.39 is 5.97 Å². The van der Waals surface area contributed by atoms with Crippen molar-refractivity contribution in [3.05, 3.63) is 34.7 Å². The van der Waals surface area contributed by atoms with Gasteiger partial charge in [0.25, 0.3) is 5.56 Å². The summed E-state index contributed by atoms with van der Waals surface area (Å²) in [6, 6.07) is 5.13. The number of H-pyrrole nitrogens is 1. The van der Waals surface area contributed by atoms with E-state index in [1.807, 2.05) is 0 Å². The molecular formula is C17H21N3O4. The lowest BCUT2D eigenvalue weighted by Crippen LogP contribution is -2.12. The van der Waals surface area contributed by atoms with Crippen LogP contribution in [0.25, 0.3) is 10.8 Å². The quantitative estimate of drug-likeness (QED) is 0.612. The van der Waals surface area contributed by atoms with E-state index in [0.717, 1.165) is 31.1 Å². The summed E-state index contributed by atoms with van der Waals surface area (Å²) in [5, 5.41) is 18.6. The molecule has 0 atom stereocenters. The number of unbranched alkanes of at least 4 members (excludes halogenated alkanes) is 4. The van der Waals surface area contributed by atoms with Crippen LogP contribution in [0.4, 0.5) is 5.69 Å². The topological polar surface area (TPSA) is 112 Å². The zero-order chi connectivity index (χ0) is 17.4. The zero-order valence-electron chi connectivity index (χ0n) is 13.4. The third kappa shape index (κ3) is 5.49. The lowest BCUT2D eigenvalue weighted by atomic mass is 10.1. The van der Waals surface area contributed by atoms with Crippen molar-refractivity contribution < 1.29 is 14.7 Å². The number of benzene rings is 1. The Morgan fingerprint density at radius 2 is 1.79 bits per heavy atom. The number of aliphatic carboxylic acids is 1. The molecule has 7 heteroatoms. The normalized spacial score (nSPS) is 10.7. The molecular weight excluding hydrogens is 310 g/mol. The second-order valence-corrected chi connectivity index (χ2v) is 5.71. The highest BCUT2D eigenvalue weighted by Crippen LogP contribution is 2.15. The number of hydrogen-bond donors (Lipinski definition) is 3. The molecule has 0 spiro atoms. The number of rotatable bonds is 9. The van der Waals surface area contributed by atoms with Crippen molar-refractivity contribution in [3.8, 4) is 0 Å². The number of aromatic amines is 1. The molecule has 0 bridgehead atoms. The zero-order valence-corrected chi connectivity index (χ0v) is 13.4. The Balaban J connectivity index is 1.74. The first kappa shape index (κ1) is 17.7. The number of carbonyl (C=O) groups excluding carboxylic acids is 1. The predicted molar refractivity (Wildman–Crippen MR) is 90.9 cm³/mol. The molecule has 0 aliphatic rings. The van der Waals surface area contributed by atoms with Gasteiger partial charge in [-0.25, -0.2) is 5.10 Å². The van der Waals surface area contributed by atoms with Crippen LogP contribution < -0.4 is 10.9 Å². The molecule has 1 amide bonds. The smallest absolute Gasteiger partial charge is 0.303 e. The van der Waals surface area contributed by atoms with Gasteiger partial charge in [-0.3, -0.25) is 14.4 Å². The van der Waals surface area contributed by atoms with Gasteiger partial charge in [-0.1, -0.05) is 25.3 Å². The Hall–Kier alpha value is -2.70. The molecule has 0 fully saturated rings. The van der Waals surface area contributed by atoms with Crippen LogP contribution in [0.3, 0.4) is 0 Å². The molecule has 0 saturated carbocycles. The van der Waals surface area contributed by atoms with Crippen LogP contribution in [0, 0.1) is 0 Å². The summed E-state index contributed by atoms with van der Waals surface area (Å²) in [4.78, 5) is 34.0. The molecule has 2 aromatic rings. The minimum absolute atomic E-state index is 0.0922. The Bertz CT molecular complexity index is 770. The van der Waals surface area contributed by atoms with Crippen LogP contribution in [0.5, 0.6) is 0 Å². The molecule has 0 aliphatic carbocycles. The first-order valence-electron chi connectivity index (χ1n) is 8.05. The fourth-order valence-electron chi connectivity index (χ4n) is 2.48. The second-order valence-electron chi connectivity index (χ2n) is 5.71. The average molecular weight is 331 g/mol. The molecule has 2 rings (SSSR count). The van der Waals surface area contributed by atoms with Crippen molar-refractivity contribution in [3.63, 3.8) is 0 Å². The average Bonchev–Trinajstić information content (AvgIpc) is 2.54. The molecule has 0 aliphatic heterocycles. The highest BCUT2D eigenvalue weighted by atomic mass is 16.4. The van der Waals surface area contributed by atoms with Gasteiger partial charge in [-0.2, -0.15) is 5.10 Å². The van der Waals surface area contributed by atoms with Gasteiger partial charge >= 0.3 is 5.97 Å². The third-order valence-corrected chi connectivity index (χ3v) is 3.75. The van der Waals surface area contributed by atoms with Gasteiger partial charge in [-0.15, -0.1) is 0 Å². The summed E-state index contributed by atoms with van der Waals surface area (Å²) < 4.78 is 0. The number of nitrogens with one attached hydrogen (secondary N) is 2. The van der Waals surface area contributed by atoms with Gasteiger partial charge in [0, 0.05) is 23.9 Å². The van der Waals surface area contributed by atoms with Gasteiger partial charge in [0.15, 0.2) is 0 Å². The van der Waals surface area contributed by atoms with E-state index in [1.165, 1.54) is 0 Å². The second kappa shape index (κ2) is 8.81. The number of hydrogen-bond acceptors (Lipinski definition) is 4. The van der Waals surface area contributed by atoms with E-state index in [0.29, 0.717) is 23.9 Å². The van der Waals surface area contributed by atoms with Crippen molar-refractivity contribution in [1.82, 2.24) is 10.2 Å². The van der Waals surface area contributed by atoms with Crippen LogP contribution in [-0.4, -0.2) is 27.2 Å². The monoisotopic (exact) mass is 331 g/mol. The Morgan fingerprint density at radius 1 is 1.08 bits per heavy atom. The van der Waals surface area contributed by atoms with E-state index in [9.17, 15) is 14.4 Å². The molecule has 0 unspecified atom stereocenters. The molecule has 128 valence electrons. The summed E-state index contributed by atoms with van der Waals surface area (Å²) >= 11 is 0. The third-order valence-electron chi connectivity index (χ3n) is 3.75. The van der Waals surface area contributed by atoms with Crippen LogP contribution in [0.1, 0.15) is 44.9 Å². The fourth-order valence-corrected chi connectivity index (χ4v) is 2.48. The van der Waals surface area contributed by atoms with Crippen molar-refractivity contribution in [2.24, 2.45) is 0 Å². The van der Waals surface area contributed by atoms with E-state index in [-0.39, 0.29) is 17.9 Å². The number of carboxylic acid groups (broad SMARTS) is 1. The Kier molecular flexibility index (Phi) is 6.48. The van der Waals surface area contributed by atoms with E-state index in [1.54, 1.807) is 24.4 Å². The molecule has 0 saturated heterocycles.